The van der Waals surface area contributed by atoms with Gasteiger partial charge in [0.25, 0.3) is 5.91 Å². The molecule has 1 aromatic carbocycles. The Labute approximate surface area is 184 Å². The zero-order valence-electron chi connectivity index (χ0n) is 17.6. The number of pyridine rings is 1. The number of methoxy groups -OCH3 is 1. The van der Waals surface area contributed by atoms with Crippen LogP contribution in [0.4, 0.5) is 5.69 Å². The highest BCUT2D eigenvalue weighted by atomic mass is 32.1. The molecule has 2 heterocycles. The number of aliphatic hydroxyl groups excluding tert-OH is 1. The second-order valence-electron chi connectivity index (χ2n) is 7.93. The minimum absolute atomic E-state index is 0.244. The van der Waals surface area contributed by atoms with Gasteiger partial charge in [0.15, 0.2) is 0 Å². The SMILES string of the molecule is COC(=O)c1cc2nc(C3CCC(CO)CC3)sc2cc1NC(=O)c1cccc(C)n1. The van der Waals surface area contributed by atoms with Crippen LogP contribution >= 0.6 is 11.3 Å². The van der Waals surface area contributed by atoms with E-state index >= 15 is 0 Å². The van der Waals surface area contributed by atoms with E-state index in [1.807, 2.05) is 13.0 Å². The van der Waals surface area contributed by atoms with Crippen molar-refractivity contribution in [1.82, 2.24) is 9.97 Å². The van der Waals surface area contributed by atoms with E-state index in [9.17, 15) is 14.7 Å². The van der Waals surface area contributed by atoms with Crippen molar-refractivity contribution in [3.63, 3.8) is 0 Å². The Balaban J connectivity index is 1.65. The highest BCUT2D eigenvalue weighted by molar-refractivity contribution is 7.18. The third-order valence-electron chi connectivity index (χ3n) is 5.77. The van der Waals surface area contributed by atoms with Crippen LogP contribution in [0, 0.1) is 12.8 Å². The lowest BCUT2D eigenvalue weighted by Crippen LogP contribution is -2.17. The molecule has 2 N–H and O–H groups in total. The maximum atomic E-state index is 12.7. The number of hydrogen-bond donors (Lipinski definition) is 2. The lowest BCUT2D eigenvalue weighted by atomic mass is 9.83. The molecular weight excluding hydrogens is 414 g/mol. The maximum absolute atomic E-state index is 12.7. The number of anilines is 1. The first kappa shape index (κ1) is 21.4. The van der Waals surface area contributed by atoms with Gasteiger partial charge in [0, 0.05) is 18.2 Å². The van der Waals surface area contributed by atoms with E-state index in [2.05, 4.69) is 10.3 Å². The maximum Gasteiger partial charge on any atom is 0.340 e. The van der Waals surface area contributed by atoms with Crippen molar-refractivity contribution < 1.29 is 19.4 Å². The predicted octanol–water partition coefficient (Wildman–Crippen LogP) is 4.30. The number of nitrogens with zero attached hydrogens (tertiary/aromatic N) is 2. The molecule has 1 aliphatic rings. The molecular formula is C23H25N3O4S. The lowest BCUT2D eigenvalue weighted by Gasteiger charge is -2.25. The summed E-state index contributed by atoms with van der Waals surface area (Å²) in [5.74, 6) is -0.183. The van der Waals surface area contributed by atoms with E-state index in [4.69, 9.17) is 9.72 Å². The Bertz CT molecular complexity index is 1120. The van der Waals surface area contributed by atoms with E-state index in [1.54, 1.807) is 35.6 Å². The van der Waals surface area contributed by atoms with Gasteiger partial charge < -0.3 is 15.2 Å². The topological polar surface area (TPSA) is 101 Å². The van der Waals surface area contributed by atoms with Crippen molar-refractivity contribution in [2.75, 3.05) is 19.0 Å². The number of benzene rings is 1. The van der Waals surface area contributed by atoms with Gasteiger partial charge in [-0.15, -0.1) is 11.3 Å². The lowest BCUT2D eigenvalue weighted by molar-refractivity contribution is 0.0602. The molecule has 31 heavy (non-hydrogen) atoms. The molecule has 8 heteroatoms. The summed E-state index contributed by atoms with van der Waals surface area (Å²) >= 11 is 1.59. The van der Waals surface area contributed by atoms with Crippen molar-refractivity contribution in [3.05, 3.63) is 52.3 Å². The number of aryl methyl sites for hydroxylation is 1. The molecule has 162 valence electrons. The van der Waals surface area contributed by atoms with Crippen LogP contribution in [0.3, 0.4) is 0 Å². The molecule has 0 bridgehead atoms. The fourth-order valence-corrected chi connectivity index (χ4v) is 5.15. The third-order valence-corrected chi connectivity index (χ3v) is 6.95. The van der Waals surface area contributed by atoms with E-state index in [0.29, 0.717) is 17.5 Å². The van der Waals surface area contributed by atoms with Crippen LogP contribution in [0.1, 0.15) is 63.1 Å². The van der Waals surface area contributed by atoms with E-state index in [1.165, 1.54) is 7.11 Å². The standard InChI is InChI=1S/C23H25N3O4S/c1-13-4-3-5-17(24-13)21(28)25-18-11-20-19(10-16(18)23(29)30-2)26-22(31-20)15-8-6-14(12-27)7-9-15/h3-5,10-11,14-15,27H,6-9,12H2,1-2H3,(H,25,28). The number of rotatable bonds is 5. The number of nitrogens with one attached hydrogen (secondary N) is 1. The zero-order valence-corrected chi connectivity index (χ0v) is 18.4. The number of aromatic nitrogens is 2. The molecule has 0 unspecified atom stereocenters. The number of carbonyl (C=O) groups excluding carboxylic acids is 2. The van der Waals surface area contributed by atoms with E-state index in [-0.39, 0.29) is 23.8 Å². The van der Waals surface area contributed by atoms with E-state index in [0.717, 1.165) is 46.6 Å². The summed E-state index contributed by atoms with van der Waals surface area (Å²) in [5.41, 5.74) is 2.38. The molecule has 0 aliphatic heterocycles. The molecule has 1 fully saturated rings. The fraction of sp³-hybridized carbons (Fsp3) is 0.391. The molecule has 4 rings (SSSR count). The number of esters is 1. The van der Waals surface area contributed by atoms with Crippen LogP contribution in [-0.2, 0) is 4.74 Å². The second-order valence-corrected chi connectivity index (χ2v) is 8.99. The summed E-state index contributed by atoms with van der Waals surface area (Å²) in [6.07, 6.45) is 3.99. The highest BCUT2D eigenvalue weighted by Gasteiger charge is 2.25. The monoisotopic (exact) mass is 439 g/mol. The van der Waals surface area contributed by atoms with Gasteiger partial charge in [0.05, 0.1) is 33.6 Å². The van der Waals surface area contributed by atoms with Crippen LogP contribution < -0.4 is 5.32 Å². The first-order chi connectivity index (χ1) is 15.0. The van der Waals surface area contributed by atoms with E-state index < -0.39 is 5.97 Å². The molecule has 1 saturated carbocycles. The first-order valence-electron chi connectivity index (χ1n) is 10.4. The summed E-state index contributed by atoms with van der Waals surface area (Å²) in [6.45, 7) is 2.06. The highest BCUT2D eigenvalue weighted by Crippen LogP contribution is 2.40. The summed E-state index contributed by atoms with van der Waals surface area (Å²) in [4.78, 5) is 34.1. The number of aliphatic hydroxyl groups is 1. The number of hydrogen-bond acceptors (Lipinski definition) is 7. The van der Waals surface area contributed by atoms with Crippen molar-refractivity contribution in [2.24, 2.45) is 5.92 Å². The van der Waals surface area contributed by atoms with Gasteiger partial charge in [-0.25, -0.2) is 14.8 Å². The zero-order chi connectivity index (χ0) is 22.0. The van der Waals surface area contributed by atoms with Crippen molar-refractivity contribution in [3.8, 4) is 0 Å². The molecule has 1 aliphatic carbocycles. The molecule has 0 saturated heterocycles. The molecule has 0 spiro atoms. The first-order valence-corrected chi connectivity index (χ1v) is 11.2. The van der Waals surface area contributed by atoms with Crippen LogP contribution in [0.15, 0.2) is 30.3 Å². The minimum Gasteiger partial charge on any atom is -0.465 e. The van der Waals surface area contributed by atoms with Gasteiger partial charge in [-0.05, 0) is 62.8 Å². The molecule has 0 atom stereocenters. The van der Waals surface area contributed by atoms with Gasteiger partial charge in [0.2, 0.25) is 0 Å². The molecule has 7 nitrogen and oxygen atoms in total. The van der Waals surface area contributed by atoms with Crippen LogP contribution in [0.5, 0.6) is 0 Å². The van der Waals surface area contributed by atoms with Gasteiger partial charge >= 0.3 is 5.97 Å². The van der Waals surface area contributed by atoms with Crippen LogP contribution in [0.2, 0.25) is 0 Å². The van der Waals surface area contributed by atoms with Crippen LogP contribution in [0.25, 0.3) is 10.2 Å². The summed E-state index contributed by atoms with van der Waals surface area (Å²) in [6, 6.07) is 8.68. The smallest absolute Gasteiger partial charge is 0.340 e. The molecule has 1 amide bonds. The Morgan fingerprint density at radius 1 is 1.19 bits per heavy atom. The van der Waals surface area contributed by atoms with Gasteiger partial charge in [-0.3, -0.25) is 4.79 Å². The number of ether oxygens (including phenoxy) is 1. The Kier molecular flexibility index (Phi) is 6.29. The summed E-state index contributed by atoms with van der Waals surface area (Å²) in [5, 5.41) is 13.2. The number of thiazole rings is 1. The van der Waals surface area contributed by atoms with Crippen molar-refractivity contribution in [2.45, 2.75) is 38.5 Å². The normalized spacial score (nSPS) is 18.7. The average Bonchev–Trinajstić information content (AvgIpc) is 3.21. The van der Waals surface area contributed by atoms with Gasteiger partial charge in [-0.1, -0.05) is 6.07 Å². The quantitative estimate of drug-likeness (QED) is 0.575. The minimum atomic E-state index is -0.535. The molecule has 2 aromatic heterocycles. The fourth-order valence-electron chi connectivity index (χ4n) is 4.00. The number of amides is 1. The summed E-state index contributed by atoms with van der Waals surface area (Å²) < 4.78 is 5.83. The third kappa shape index (κ3) is 4.60. The average molecular weight is 440 g/mol. The second kappa shape index (κ2) is 9.11. The van der Waals surface area contributed by atoms with Gasteiger partial charge in [-0.2, -0.15) is 0 Å². The van der Waals surface area contributed by atoms with Crippen molar-refractivity contribution in [1.29, 1.82) is 0 Å². The summed E-state index contributed by atoms with van der Waals surface area (Å²) in [7, 11) is 1.31. The molecule has 0 radical (unpaired) electrons. The molecule has 3 aromatic rings. The largest absolute Gasteiger partial charge is 0.465 e. The predicted molar refractivity (Wildman–Crippen MR) is 120 cm³/mol. The van der Waals surface area contributed by atoms with Crippen LogP contribution in [-0.4, -0.2) is 40.7 Å². The van der Waals surface area contributed by atoms with Crippen molar-refractivity contribution >= 4 is 39.1 Å². The Morgan fingerprint density at radius 3 is 2.65 bits per heavy atom. The Hall–Kier alpha value is -2.84. The number of fused-ring (bicyclic) bond motifs is 1. The van der Waals surface area contributed by atoms with Gasteiger partial charge in [0.1, 0.15) is 5.69 Å². The number of carbonyl (C=O) groups is 2. The Morgan fingerprint density at radius 2 is 1.97 bits per heavy atom.